The number of hydrogen-bond acceptors (Lipinski definition) is 0. The number of hydrogen-bond donors (Lipinski definition) is 0. The van der Waals surface area contributed by atoms with Crippen molar-refractivity contribution in [3.05, 3.63) is 221 Å². The molecule has 0 unspecified atom stereocenters. The van der Waals surface area contributed by atoms with Crippen LogP contribution in [-0.4, -0.2) is 4.57 Å². The van der Waals surface area contributed by atoms with Gasteiger partial charge in [-0.2, -0.15) is 0 Å². The molecule has 2 aliphatic carbocycles. The van der Waals surface area contributed by atoms with Crippen LogP contribution in [0, 0.1) is 0 Å². The molecule has 0 saturated carbocycles. The first-order valence-corrected chi connectivity index (χ1v) is 18.7. The Morgan fingerprint density at radius 2 is 0.981 bits per heavy atom. The van der Waals surface area contributed by atoms with Gasteiger partial charge in [-0.15, -0.1) is 0 Å². The van der Waals surface area contributed by atoms with Crippen molar-refractivity contribution in [3.8, 4) is 39.1 Å². The van der Waals surface area contributed by atoms with Crippen LogP contribution in [0.25, 0.3) is 60.9 Å². The Morgan fingerprint density at radius 1 is 0.396 bits per heavy atom. The van der Waals surface area contributed by atoms with E-state index >= 15 is 0 Å². The molecule has 9 aromatic rings. The topological polar surface area (TPSA) is 4.93 Å². The van der Waals surface area contributed by atoms with Gasteiger partial charge in [0.2, 0.25) is 0 Å². The molecule has 1 heterocycles. The molecule has 0 amide bonds. The van der Waals surface area contributed by atoms with Gasteiger partial charge in [-0.25, -0.2) is 0 Å². The summed E-state index contributed by atoms with van der Waals surface area (Å²) in [6.45, 7) is 4.78. The third kappa shape index (κ3) is 4.02. The zero-order valence-corrected chi connectivity index (χ0v) is 29.8. The Bertz CT molecular complexity index is 2870. The molecule has 0 atom stereocenters. The molecular weight excluding hydrogens is 639 g/mol. The Hall–Kier alpha value is -6.44. The summed E-state index contributed by atoms with van der Waals surface area (Å²) in [6.07, 6.45) is 0. The number of rotatable bonds is 4. The quantitative estimate of drug-likeness (QED) is 0.175. The molecule has 2 aliphatic rings. The molecular formula is C52H37N. The third-order valence-corrected chi connectivity index (χ3v) is 12.3. The summed E-state index contributed by atoms with van der Waals surface area (Å²) < 4.78 is 2.48. The van der Waals surface area contributed by atoms with Crippen molar-refractivity contribution in [2.75, 3.05) is 0 Å². The molecule has 53 heavy (non-hydrogen) atoms. The van der Waals surface area contributed by atoms with E-state index in [0.29, 0.717) is 0 Å². The summed E-state index contributed by atoms with van der Waals surface area (Å²) in [5.74, 6) is 0. The molecule has 0 bridgehead atoms. The highest BCUT2D eigenvalue weighted by atomic mass is 15.0. The lowest BCUT2D eigenvalue weighted by atomic mass is 9.67. The molecule has 1 heteroatoms. The van der Waals surface area contributed by atoms with Crippen molar-refractivity contribution in [3.63, 3.8) is 0 Å². The lowest BCUT2D eigenvalue weighted by Crippen LogP contribution is -2.28. The minimum atomic E-state index is -0.431. The Balaban J connectivity index is 1.13. The van der Waals surface area contributed by atoms with E-state index in [-0.39, 0.29) is 5.41 Å². The van der Waals surface area contributed by atoms with Crippen molar-refractivity contribution < 1.29 is 0 Å². The monoisotopic (exact) mass is 675 g/mol. The first kappa shape index (κ1) is 30.2. The SMILES string of the molecule is CC1(C)c2ccccc2-c2ccc3c(c21)c1ccccc1n3-c1cccc(-c2ccc3c(c2)C(c2ccccc2)(c2ccccc2)c2ccccc2-3)c1. The molecule has 8 aromatic carbocycles. The lowest BCUT2D eigenvalue weighted by Gasteiger charge is -2.34. The van der Waals surface area contributed by atoms with Gasteiger partial charge in [-0.3, -0.25) is 0 Å². The largest absolute Gasteiger partial charge is 0.309 e. The van der Waals surface area contributed by atoms with Gasteiger partial charge < -0.3 is 4.57 Å². The number of aromatic nitrogens is 1. The lowest BCUT2D eigenvalue weighted by molar-refractivity contribution is 0.666. The average molecular weight is 676 g/mol. The van der Waals surface area contributed by atoms with Crippen LogP contribution in [0.3, 0.4) is 0 Å². The van der Waals surface area contributed by atoms with Gasteiger partial charge in [0.25, 0.3) is 0 Å². The summed E-state index contributed by atoms with van der Waals surface area (Å²) in [6, 6.07) is 70.0. The van der Waals surface area contributed by atoms with Gasteiger partial charge in [0.15, 0.2) is 0 Å². The van der Waals surface area contributed by atoms with E-state index in [0.717, 1.165) is 0 Å². The van der Waals surface area contributed by atoms with Crippen molar-refractivity contribution in [1.29, 1.82) is 0 Å². The first-order valence-electron chi connectivity index (χ1n) is 18.7. The van der Waals surface area contributed by atoms with Crippen LogP contribution in [0.1, 0.15) is 47.2 Å². The highest BCUT2D eigenvalue weighted by Crippen LogP contribution is 2.57. The summed E-state index contributed by atoms with van der Waals surface area (Å²) in [4.78, 5) is 0. The normalized spacial score (nSPS) is 14.5. The number of benzene rings is 8. The van der Waals surface area contributed by atoms with Crippen LogP contribution >= 0.6 is 0 Å². The summed E-state index contributed by atoms with van der Waals surface area (Å²) in [5, 5.41) is 2.66. The fraction of sp³-hybridized carbons (Fsp3) is 0.0769. The zero-order valence-electron chi connectivity index (χ0n) is 29.8. The Kier molecular flexibility index (Phi) is 6.29. The molecule has 1 aromatic heterocycles. The summed E-state index contributed by atoms with van der Waals surface area (Å²) in [7, 11) is 0. The second-order valence-corrected chi connectivity index (χ2v) is 15.2. The van der Waals surface area contributed by atoms with Gasteiger partial charge in [-0.1, -0.05) is 172 Å². The van der Waals surface area contributed by atoms with Gasteiger partial charge in [-0.05, 0) is 97.1 Å². The number of nitrogens with zero attached hydrogens (tertiary/aromatic N) is 1. The molecule has 0 aliphatic heterocycles. The smallest absolute Gasteiger partial charge is 0.0713 e. The standard InChI is InChI=1S/C52H37N/c1-51(2)44-25-12-9-23-40(44)42-30-31-48-49(50(42)51)43-24-11-14-27-47(43)53(48)38-21-15-16-34(32-38)35-28-29-41-39-22-10-13-26-45(39)52(46(41)33-35,36-17-5-3-6-18-36)37-19-7-4-8-20-37/h3-33H,1-2H3. The van der Waals surface area contributed by atoms with Crippen LogP contribution < -0.4 is 0 Å². The maximum Gasteiger partial charge on any atom is 0.0713 e. The van der Waals surface area contributed by atoms with E-state index in [4.69, 9.17) is 0 Å². The van der Waals surface area contributed by atoms with Crippen molar-refractivity contribution in [2.45, 2.75) is 24.7 Å². The van der Waals surface area contributed by atoms with E-state index in [1.807, 2.05) is 0 Å². The second-order valence-electron chi connectivity index (χ2n) is 15.2. The van der Waals surface area contributed by atoms with Crippen molar-refractivity contribution in [2.24, 2.45) is 0 Å². The minimum absolute atomic E-state index is 0.103. The minimum Gasteiger partial charge on any atom is -0.309 e. The maximum atomic E-state index is 2.48. The molecule has 250 valence electrons. The van der Waals surface area contributed by atoms with E-state index in [9.17, 15) is 0 Å². The fourth-order valence-electron chi connectivity index (χ4n) is 10.1. The third-order valence-electron chi connectivity index (χ3n) is 12.3. The summed E-state index contributed by atoms with van der Waals surface area (Å²) >= 11 is 0. The first-order chi connectivity index (χ1) is 26.1. The highest BCUT2D eigenvalue weighted by molar-refractivity contribution is 6.14. The molecule has 1 nitrogen and oxygen atoms in total. The molecule has 0 radical (unpaired) electrons. The number of para-hydroxylation sites is 1. The van der Waals surface area contributed by atoms with Crippen molar-refractivity contribution >= 4 is 21.8 Å². The van der Waals surface area contributed by atoms with Gasteiger partial charge >= 0.3 is 0 Å². The molecule has 0 fully saturated rings. The van der Waals surface area contributed by atoms with Crippen LogP contribution in [0.5, 0.6) is 0 Å². The number of fused-ring (bicyclic) bond motifs is 10. The maximum absolute atomic E-state index is 2.48. The molecule has 0 saturated heterocycles. The van der Waals surface area contributed by atoms with E-state index < -0.39 is 5.41 Å². The Labute approximate surface area is 310 Å². The summed E-state index contributed by atoms with van der Waals surface area (Å²) in [5.41, 5.74) is 18.9. The van der Waals surface area contributed by atoms with Crippen LogP contribution in [-0.2, 0) is 10.8 Å². The zero-order chi connectivity index (χ0) is 35.3. The second kappa shape index (κ2) is 11.0. The molecule has 11 rings (SSSR count). The van der Waals surface area contributed by atoms with E-state index in [1.165, 1.54) is 94.3 Å². The van der Waals surface area contributed by atoms with Gasteiger partial charge in [0.1, 0.15) is 0 Å². The van der Waals surface area contributed by atoms with E-state index in [2.05, 4.69) is 206 Å². The highest BCUT2D eigenvalue weighted by Gasteiger charge is 2.46. The average Bonchev–Trinajstić information content (AvgIpc) is 3.80. The van der Waals surface area contributed by atoms with Crippen molar-refractivity contribution in [1.82, 2.24) is 4.57 Å². The van der Waals surface area contributed by atoms with Crippen LogP contribution in [0.4, 0.5) is 0 Å². The Morgan fingerprint density at radius 3 is 1.74 bits per heavy atom. The predicted octanol–water partition coefficient (Wildman–Crippen LogP) is 13.1. The molecule has 0 N–H and O–H groups in total. The fourth-order valence-corrected chi connectivity index (χ4v) is 10.1. The van der Waals surface area contributed by atoms with Crippen LogP contribution in [0.2, 0.25) is 0 Å². The van der Waals surface area contributed by atoms with Gasteiger partial charge in [0.05, 0.1) is 16.4 Å². The van der Waals surface area contributed by atoms with Crippen LogP contribution in [0.15, 0.2) is 188 Å². The molecule has 0 spiro atoms. The van der Waals surface area contributed by atoms with Gasteiger partial charge in [0, 0.05) is 21.9 Å². The van der Waals surface area contributed by atoms with E-state index in [1.54, 1.807) is 0 Å². The predicted molar refractivity (Wildman–Crippen MR) is 221 cm³/mol.